The van der Waals surface area contributed by atoms with Crippen LogP contribution in [0.2, 0.25) is 0 Å². The quantitative estimate of drug-likeness (QED) is 0.684. The molecule has 3 aromatic rings. The summed E-state index contributed by atoms with van der Waals surface area (Å²) < 4.78 is 1.88. The first-order valence-corrected chi connectivity index (χ1v) is 9.41. The number of para-hydroxylation sites is 2. The number of nitrogens with one attached hydrogen (secondary N) is 1. The molecule has 26 heavy (non-hydrogen) atoms. The van der Waals surface area contributed by atoms with Crippen LogP contribution in [0.4, 0.5) is 5.69 Å². The second-order valence-corrected chi connectivity index (χ2v) is 7.89. The van der Waals surface area contributed by atoms with Crippen molar-refractivity contribution in [3.8, 4) is 5.69 Å². The van der Waals surface area contributed by atoms with Gasteiger partial charge in [-0.3, -0.25) is 9.36 Å². The Kier molecular flexibility index (Phi) is 5.42. The molecular formula is C20H22N4OS. The number of rotatable bonds is 5. The molecule has 6 heteroatoms. The number of hydrogen-bond acceptors (Lipinski definition) is 4. The molecule has 1 aromatic heterocycles. The number of nitrogens with zero attached hydrogens (tertiary/aromatic N) is 3. The highest BCUT2D eigenvalue weighted by Gasteiger charge is 2.19. The van der Waals surface area contributed by atoms with Crippen LogP contribution in [0.15, 0.2) is 66.1 Å². The van der Waals surface area contributed by atoms with E-state index in [2.05, 4.69) is 42.4 Å². The van der Waals surface area contributed by atoms with E-state index in [0.717, 1.165) is 16.9 Å². The molecule has 0 unspecified atom stereocenters. The van der Waals surface area contributed by atoms with Crippen molar-refractivity contribution in [2.75, 3.05) is 11.1 Å². The van der Waals surface area contributed by atoms with Gasteiger partial charge in [-0.05, 0) is 29.2 Å². The molecule has 0 fully saturated rings. The first kappa shape index (κ1) is 18.2. The molecule has 3 rings (SSSR count). The number of anilines is 1. The minimum absolute atomic E-state index is 0.0372. The van der Waals surface area contributed by atoms with Crippen molar-refractivity contribution < 1.29 is 4.79 Å². The summed E-state index contributed by atoms with van der Waals surface area (Å²) >= 11 is 1.37. The molecular weight excluding hydrogens is 344 g/mol. The molecule has 1 heterocycles. The van der Waals surface area contributed by atoms with Crippen LogP contribution >= 0.6 is 11.8 Å². The number of amides is 1. The average molecular weight is 366 g/mol. The molecule has 0 spiro atoms. The van der Waals surface area contributed by atoms with E-state index in [1.165, 1.54) is 11.8 Å². The van der Waals surface area contributed by atoms with Crippen molar-refractivity contribution in [2.24, 2.45) is 0 Å². The topological polar surface area (TPSA) is 59.8 Å². The zero-order valence-corrected chi connectivity index (χ0v) is 16.0. The third-order valence-corrected chi connectivity index (χ3v) is 4.84. The maximum absolute atomic E-state index is 12.4. The lowest BCUT2D eigenvalue weighted by Crippen LogP contribution is -2.20. The fourth-order valence-electron chi connectivity index (χ4n) is 2.65. The highest BCUT2D eigenvalue weighted by molar-refractivity contribution is 7.99. The normalized spacial score (nSPS) is 11.3. The Morgan fingerprint density at radius 2 is 1.77 bits per heavy atom. The van der Waals surface area contributed by atoms with Crippen LogP contribution in [0.3, 0.4) is 0 Å². The molecule has 0 aliphatic rings. The van der Waals surface area contributed by atoms with Gasteiger partial charge >= 0.3 is 0 Å². The largest absolute Gasteiger partial charge is 0.325 e. The lowest BCUT2D eigenvalue weighted by molar-refractivity contribution is -0.113. The Bertz CT molecular complexity index is 884. The minimum atomic E-state index is -0.0608. The molecule has 0 radical (unpaired) electrons. The molecule has 0 aliphatic carbocycles. The fourth-order valence-corrected chi connectivity index (χ4v) is 3.38. The number of aromatic nitrogens is 3. The van der Waals surface area contributed by atoms with Crippen molar-refractivity contribution in [1.29, 1.82) is 0 Å². The summed E-state index contributed by atoms with van der Waals surface area (Å²) in [4.78, 5) is 12.4. The zero-order valence-electron chi connectivity index (χ0n) is 15.1. The van der Waals surface area contributed by atoms with Gasteiger partial charge in [0.15, 0.2) is 5.16 Å². The monoisotopic (exact) mass is 366 g/mol. The van der Waals surface area contributed by atoms with Crippen molar-refractivity contribution in [3.05, 3.63) is 66.5 Å². The highest BCUT2D eigenvalue weighted by Crippen LogP contribution is 2.29. The van der Waals surface area contributed by atoms with E-state index in [-0.39, 0.29) is 17.1 Å². The van der Waals surface area contributed by atoms with Crippen LogP contribution in [0.1, 0.15) is 26.3 Å². The predicted octanol–water partition coefficient (Wildman–Crippen LogP) is 4.30. The molecule has 134 valence electrons. The summed E-state index contributed by atoms with van der Waals surface area (Å²) in [6, 6.07) is 17.8. The number of thioether (sulfide) groups is 1. The average Bonchev–Trinajstić information content (AvgIpc) is 3.09. The van der Waals surface area contributed by atoms with Gasteiger partial charge in [0.2, 0.25) is 5.91 Å². The molecule has 5 nitrogen and oxygen atoms in total. The van der Waals surface area contributed by atoms with Crippen molar-refractivity contribution in [1.82, 2.24) is 14.8 Å². The minimum Gasteiger partial charge on any atom is -0.325 e. The van der Waals surface area contributed by atoms with Gasteiger partial charge in [-0.15, -0.1) is 10.2 Å². The lowest BCUT2D eigenvalue weighted by Gasteiger charge is -2.22. The number of benzene rings is 2. The number of carbonyl (C=O) groups excluding carboxylic acids is 1. The molecule has 0 bridgehead atoms. The van der Waals surface area contributed by atoms with E-state index in [1.807, 2.05) is 53.1 Å². The van der Waals surface area contributed by atoms with Crippen LogP contribution in [-0.4, -0.2) is 26.4 Å². The van der Waals surface area contributed by atoms with Gasteiger partial charge in [0.25, 0.3) is 0 Å². The summed E-state index contributed by atoms with van der Waals surface area (Å²) in [5, 5.41) is 11.8. The Hall–Kier alpha value is -2.60. The van der Waals surface area contributed by atoms with E-state index in [1.54, 1.807) is 6.33 Å². The van der Waals surface area contributed by atoms with Crippen molar-refractivity contribution in [3.63, 3.8) is 0 Å². The molecule has 2 aromatic carbocycles. The van der Waals surface area contributed by atoms with Gasteiger partial charge in [-0.1, -0.05) is 68.9 Å². The molecule has 0 saturated heterocycles. The van der Waals surface area contributed by atoms with E-state index in [0.29, 0.717) is 5.16 Å². The first-order valence-electron chi connectivity index (χ1n) is 8.43. The Labute approximate surface area is 157 Å². The van der Waals surface area contributed by atoms with Crippen LogP contribution < -0.4 is 5.32 Å². The van der Waals surface area contributed by atoms with E-state index < -0.39 is 0 Å². The maximum Gasteiger partial charge on any atom is 0.234 e. The summed E-state index contributed by atoms with van der Waals surface area (Å²) in [6.07, 6.45) is 1.66. The van der Waals surface area contributed by atoms with Crippen LogP contribution in [0.25, 0.3) is 5.69 Å². The Morgan fingerprint density at radius 1 is 1.08 bits per heavy atom. The standard InChI is InChI=1S/C20H22N4OS/c1-20(2,3)16-11-7-8-12-17(16)22-18(25)13-26-19-23-21-14-24(19)15-9-5-4-6-10-15/h4-12,14H,13H2,1-3H3,(H,22,25). The van der Waals surface area contributed by atoms with Gasteiger partial charge < -0.3 is 5.32 Å². The summed E-state index contributed by atoms with van der Waals surface area (Å²) in [7, 11) is 0. The van der Waals surface area contributed by atoms with Gasteiger partial charge in [0, 0.05) is 11.4 Å². The molecule has 1 amide bonds. The van der Waals surface area contributed by atoms with E-state index >= 15 is 0 Å². The molecule has 0 aliphatic heterocycles. The SMILES string of the molecule is CC(C)(C)c1ccccc1NC(=O)CSc1nncn1-c1ccccc1. The smallest absolute Gasteiger partial charge is 0.234 e. The second kappa shape index (κ2) is 7.74. The van der Waals surface area contributed by atoms with Gasteiger partial charge in [0.1, 0.15) is 6.33 Å². The summed E-state index contributed by atoms with van der Waals surface area (Å²) in [6.45, 7) is 6.40. The second-order valence-electron chi connectivity index (χ2n) is 6.95. The summed E-state index contributed by atoms with van der Waals surface area (Å²) in [5.41, 5.74) is 2.91. The fraction of sp³-hybridized carbons (Fsp3) is 0.250. The van der Waals surface area contributed by atoms with Gasteiger partial charge in [-0.25, -0.2) is 0 Å². The van der Waals surface area contributed by atoms with Gasteiger partial charge in [-0.2, -0.15) is 0 Å². The molecule has 0 atom stereocenters. The Morgan fingerprint density at radius 3 is 2.50 bits per heavy atom. The van der Waals surface area contributed by atoms with Crippen LogP contribution in [-0.2, 0) is 10.2 Å². The van der Waals surface area contributed by atoms with Crippen molar-refractivity contribution >= 4 is 23.4 Å². The third kappa shape index (κ3) is 4.32. The van der Waals surface area contributed by atoms with Crippen LogP contribution in [0, 0.1) is 0 Å². The maximum atomic E-state index is 12.4. The molecule has 0 saturated carbocycles. The molecule has 1 N–H and O–H groups in total. The zero-order chi connectivity index (χ0) is 18.6. The number of hydrogen-bond donors (Lipinski definition) is 1. The van der Waals surface area contributed by atoms with Gasteiger partial charge in [0.05, 0.1) is 5.75 Å². The predicted molar refractivity (Wildman–Crippen MR) is 106 cm³/mol. The van der Waals surface area contributed by atoms with Crippen molar-refractivity contribution in [2.45, 2.75) is 31.3 Å². The lowest BCUT2D eigenvalue weighted by atomic mass is 9.86. The first-order chi connectivity index (χ1) is 12.4. The highest BCUT2D eigenvalue weighted by atomic mass is 32.2. The summed E-state index contributed by atoms with van der Waals surface area (Å²) in [5.74, 6) is 0.207. The Balaban J connectivity index is 1.68. The number of carbonyl (C=O) groups is 1. The van der Waals surface area contributed by atoms with E-state index in [4.69, 9.17) is 0 Å². The third-order valence-electron chi connectivity index (χ3n) is 3.89. The van der Waals surface area contributed by atoms with Crippen LogP contribution in [0.5, 0.6) is 0 Å². The van der Waals surface area contributed by atoms with E-state index in [9.17, 15) is 4.79 Å².